The number of nitrogens with two attached hydrogens (primary N) is 1. The van der Waals surface area contributed by atoms with Crippen LogP contribution in [0.15, 0.2) is 21.5 Å². The molecule has 0 saturated carbocycles. The largest absolute Gasteiger partial charge is 0.492 e. The quantitative estimate of drug-likeness (QED) is 0.874. The van der Waals surface area contributed by atoms with Crippen molar-refractivity contribution in [3.05, 3.63) is 22.2 Å². The first-order chi connectivity index (χ1) is 9.86. The summed E-state index contributed by atoms with van der Waals surface area (Å²) in [4.78, 5) is 0.269. The number of halogens is 1. The molecule has 1 saturated heterocycles. The number of rotatable bonds is 3. The van der Waals surface area contributed by atoms with E-state index in [0.717, 1.165) is 22.9 Å². The second-order valence-electron chi connectivity index (χ2n) is 6.09. The summed E-state index contributed by atoms with van der Waals surface area (Å²) >= 11 is 3.39. The molecule has 1 atom stereocenters. The van der Waals surface area contributed by atoms with Gasteiger partial charge in [0, 0.05) is 29.5 Å². The van der Waals surface area contributed by atoms with Crippen molar-refractivity contribution >= 4 is 26.0 Å². The van der Waals surface area contributed by atoms with Gasteiger partial charge in [-0.05, 0) is 30.5 Å². The molecule has 0 aliphatic carbocycles. The van der Waals surface area contributed by atoms with Crippen molar-refractivity contribution in [1.29, 1.82) is 0 Å². The van der Waals surface area contributed by atoms with Crippen LogP contribution in [0.1, 0.15) is 18.9 Å². The van der Waals surface area contributed by atoms with Crippen molar-refractivity contribution in [1.82, 2.24) is 4.31 Å². The van der Waals surface area contributed by atoms with Crippen LogP contribution in [0.5, 0.6) is 5.75 Å². The molecule has 1 unspecified atom stereocenters. The molecule has 7 heteroatoms. The van der Waals surface area contributed by atoms with Crippen LogP contribution >= 0.6 is 15.9 Å². The molecule has 3 rings (SSSR count). The molecule has 0 amide bonds. The second kappa shape index (κ2) is 5.22. The summed E-state index contributed by atoms with van der Waals surface area (Å²) in [6.07, 6.45) is 1.54. The SMILES string of the molecule is CC1(CN)CCN(S(=O)(=O)c2cc(Br)cc3c2OCC3)C1. The number of nitrogens with zero attached hydrogens (tertiary/aromatic N) is 1. The van der Waals surface area contributed by atoms with Crippen LogP contribution in [-0.4, -0.2) is 39.0 Å². The van der Waals surface area contributed by atoms with E-state index < -0.39 is 10.0 Å². The highest BCUT2D eigenvalue weighted by molar-refractivity contribution is 9.10. The Morgan fingerprint density at radius 1 is 1.48 bits per heavy atom. The van der Waals surface area contributed by atoms with E-state index in [1.807, 2.05) is 13.0 Å². The predicted octanol–water partition coefficient (Wildman–Crippen LogP) is 1.74. The van der Waals surface area contributed by atoms with Gasteiger partial charge in [0.05, 0.1) is 6.61 Å². The van der Waals surface area contributed by atoms with Gasteiger partial charge in [-0.25, -0.2) is 8.42 Å². The highest BCUT2D eigenvalue weighted by Crippen LogP contribution is 2.40. The van der Waals surface area contributed by atoms with E-state index in [1.165, 1.54) is 4.31 Å². The molecule has 116 valence electrons. The minimum atomic E-state index is -3.54. The summed E-state index contributed by atoms with van der Waals surface area (Å²) in [6, 6.07) is 3.56. The topological polar surface area (TPSA) is 72.6 Å². The molecule has 0 spiro atoms. The molecule has 1 fully saturated rings. The zero-order chi connectivity index (χ0) is 15.3. The maximum atomic E-state index is 12.9. The van der Waals surface area contributed by atoms with Crippen molar-refractivity contribution in [3.63, 3.8) is 0 Å². The smallest absolute Gasteiger partial charge is 0.246 e. The van der Waals surface area contributed by atoms with Gasteiger partial charge in [0.1, 0.15) is 10.6 Å². The third kappa shape index (κ3) is 2.60. The molecule has 2 heterocycles. The third-order valence-electron chi connectivity index (χ3n) is 4.35. The van der Waals surface area contributed by atoms with Crippen LogP contribution in [0.2, 0.25) is 0 Å². The summed E-state index contributed by atoms with van der Waals surface area (Å²) in [7, 11) is -3.54. The van der Waals surface area contributed by atoms with Crippen molar-refractivity contribution in [2.24, 2.45) is 11.1 Å². The van der Waals surface area contributed by atoms with Crippen LogP contribution in [-0.2, 0) is 16.4 Å². The summed E-state index contributed by atoms with van der Waals surface area (Å²) in [5, 5.41) is 0. The average Bonchev–Trinajstić information content (AvgIpc) is 3.05. The molecule has 0 radical (unpaired) electrons. The van der Waals surface area contributed by atoms with Crippen LogP contribution in [0.25, 0.3) is 0 Å². The average molecular weight is 375 g/mol. The van der Waals surface area contributed by atoms with E-state index in [4.69, 9.17) is 10.5 Å². The Morgan fingerprint density at radius 2 is 2.24 bits per heavy atom. The Kier molecular flexibility index (Phi) is 3.80. The van der Waals surface area contributed by atoms with Gasteiger partial charge >= 0.3 is 0 Å². The van der Waals surface area contributed by atoms with Gasteiger partial charge in [-0.1, -0.05) is 22.9 Å². The fourth-order valence-corrected chi connectivity index (χ4v) is 5.36. The van der Waals surface area contributed by atoms with Gasteiger partial charge in [0.2, 0.25) is 10.0 Å². The Labute approximate surface area is 133 Å². The summed E-state index contributed by atoms with van der Waals surface area (Å²) in [6.45, 7) is 4.04. The van der Waals surface area contributed by atoms with E-state index in [-0.39, 0.29) is 10.3 Å². The summed E-state index contributed by atoms with van der Waals surface area (Å²) in [5.41, 5.74) is 6.58. The number of sulfonamides is 1. The van der Waals surface area contributed by atoms with E-state index >= 15 is 0 Å². The van der Waals surface area contributed by atoms with Gasteiger partial charge in [-0.3, -0.25) is 0 Å². The lowest BCUT2D eigenvalue weighted by Gasteiger charge is -2.23. The summed E-state index contributed by atoms with van der Waals surface area (Å²) < 4.78 is 33.7. The molecule has 1 aromatic carbocycles. The van der Waals surface area contributed by atoms with Crippen LogP contribution in [0.3, 0.4) is 0 Å². The monoisotopic (exact) mass is 374 g/mol. The van der Waals surface area contributed by atoms with Crippen LogP contribution in [0.4, 0.5) is 0 Å². The first kappa shape index (κ1) is 15.3. The fourth-order valence-electron chi connectivity index (χ4n) is 2.92. The third-order valence-corrected chi connectivity index (χ3v) is 6.66. The lowest BCUT2D eigenvalue weighted by molar-refractivity contribution is 0.340. The second-order valence-corrected chi connectivity index (χ2v) is 8.92. The van der Waals surface area contributed by atoms with Crippen molar-refractivity contribution in [2.45, 2.75) is 24.7 Å². The molecule has 0 bridgehead atoms. The maximum Gasteiger partial charge on any atom is 0.246 e. The number of hydrogen-bond donors (Lipinski definition) is 1. The van der Waals surface area contributed by atoms with Gasteiger partial charge in [-0.2, -0.15) is 4.31 Å². The van der Waals surface area contributed by atoms with Crippen molar-refractivity contribution < 1.29 is 13.2 Å². The Bertz CT molecular complexity index is 677. The molecule has 0 aromatic heterocycles. The lowest BCUT2D eigenvalue weighted by atomic mass is 9.90. The number of benzene rings is 1. The zero-order valence-electron chi connectivity index (χ0n) is 11.9. The summed E-state index contributed by atoms with van der Waals surface area (Å²) in [5.74, 6) is 0.513. The zero-order valence-corrected chi connectivity index (χ0v) is 14.3. The Morgan fingerprint density at radius 3 is 2.90 bits per heavy atom. The highest BCUT2D eigenvalue weighted by Gasteiger charge is 2.40. The van der Waals surface area contributed by atoms with Crippen molar-refractivity contribution in [3.8, 4) is 5.75 Å². The number of hydrogen-bond acceptors (Lipinski definition) is 4. The van der Waals surface area contributed by atoms with Crippen LogP contribution < -0.4 is 10.5 Å². The van der Waals surface area contributed by atoms with Gasteiger partial charge in [0.15, 0.2) is 0 Å². The minimum Gasteiger partial charge on any atom is -0.492 e. The lowest BCUT2D eigenvalue weighted by Crippen LogP contribution is -2.34. The van der Waals surface area contributed by atoms with E-state index in [9.17, 15) is 8.42 Å². The Balaban J connectivity index is 2.01. The molecule has 21 heavy (non-hydrogen) atoms. The van der Waals surface area contributed by atoms with E-state index in [0.29, 0.717) is 32.0 Å². The first-order valence-corrected chi connectivity index (χ1v) is 9.24. The minimum absolute atomic E-state index is 0.136. The first-order valence-electron chi connectivity index (χ1n) is 7.01. The van der Waals surface area contributed by atoms with Crippen molar-refractivity contribution in [2.75, 3.05) is 26.2 Å². The highest BCUT2D eigenvalue weighted by atomic mass is 79.9. The molecule has 2 aliphatic heterocycles. The molecular formula is C14H19BrN2O3S. The van der Waals surface area contributed by atoms with E-state index in [2.05, 4.69) is 15.9 Å². The molecule has 1 aromatic rings. The predicted molar refractivity (Wildman–Crippen MR) is 83.9 cm³/mol. The molecule has 5 nitrogen and oxygen atoms in total. The maximum absolute atomic E-state index is 12.9. The standard InChI is InChI=1S/C14H19BrN2O3S/c1-14(8-16)3-4-17(9-14)21(18,19)12-7-11(15)6-10-2-5-20-13(10)12/h6-7H,2-5,8-9,16H2,1H3. The molecule has 2 N–H and O–H groups in total. The van der Waals surface area contributed by atoms with Gasteiger partial charge in [-0.15, -0.1) is 0 Å². The number of fused-ring (bicyclic) bond motifs is 1. The normalized spacial score (nSPS) is 25.9. The van der Waals surface area contributed by atoms with Crippen LogP contribution in [0, 0.1) is 5.41 Å². The van der Waals surface area contributed by atoms with Gasteiger partial charge in [0.25, 0.3) is 0 Å². The van der Waals surface area contributed by atoms with Gasteiger partial charge < -0.3 is 10.5 Å². The van der Waals surface area contributed by atoms with E-state index in [1.54, 1.807) is 6.07 Å². The number of ether oxygens (including phenoxy) is 1. The Hall–Kier alpha value is -0.630. The molecule has 2 aliphatic rings. The fraction of sp³-hybridized carbons (Fsp3) is 0.571. The molecular weight excluding hydrogens is 356 g/mol.